The highest BCUT2D eigenvalue weighted by atomic mass is 32.2. The summed E-state index contributed by atoms with van der Waals surface area (Å²) in [7, 11) is 0. The molecule has 1 heterocycles. The zero-order chi connectivity index (χ0) is 14.4. The zero-order valence-corrected chi connectivity index (χ0v) is 12.8. The van der Waals surface area contributed by atoms with Crippen LogP contribution in [0.1, 0.15) is 39.0 Å². The Morgan fingerprint density at radius 1 is 1.40 bits per heavy atom. The molecule has 0 aliphatic carbocycles. The second-order valence-corrected chi connectivity index (χ2v) is 5.80. The van der Waals surface area contributed by atoms with Gasteiger partial charge in [0.1, 0.15) is 5.52 Å². The van der Waals surface area contributed by atoms with Crippen LogP contribution in [0.5, 0.6) is 0 Å². The average Bonchev–Trinajstić information content (AvgIpc) is 2.88. The lowest BCUT2D eigenvalue weighted by atomic mass is 10.2. The summed E-state index contributed by atoms with van der Waals surface area (Å²) in [6.45, 7) is 4.12. The van der Waals surface area contributed by atoms with Gasteiger partial charge < -0.3 is 4.42 Å². The molecule has 0 bridgehead atoms. The van der Waals surface area contributed by atoms with Gasteiger partial charge in [-0.3, -0.25) is 0 Å². The van der Waals surface area contributed by atoms with Gasteiger partial charge in [0, 0.05) is 17.1 Å². The number of aryl methyl sites for hydroxylation is 1. The minimum Gasteiger partial charge on any atom is -0.441 e. The Kier molecular flexibility index (Phi) is 5.65. The summed E-state index contributed by atoms with van der Waals surface area (Å²) in [5, 5.41) is 0. The van der Waals surface area contributed by atoms with E-state index in [9.17, 15) is 4.39 Å². The van der Waals surface area contributed by atoms with E-state index in [0.29, 0.717) is 12.1 Å². The molecule has 0 fully saturated rings. The van der Waals surface area contributed by atoms with Crippen molar-refractivity contribution in [2.45, 2.75) is 44.4 Å². The molecule has 0 spiro atoms. The van der Waals surface area contributed by atoms with E-state index < -0.39 is 0 Å². The van der Waals surface area contributed by atoms with Crippen LogP contribution in [0.3, 0.4) is 0 Å². The van der Waals surface area contributed by atoms with Crippen LogP contribution in [0.2, 0.25) is 0 Å². The van der Waals surface area contributed by atoms with E-state index in [1.54, 1.807) is 11.8 Å². The Morgan fingerprint density at radius 2 is 2.25 bits per heavy atom. The Hall–Kier alpha value is -1.29. The first-order chi connectivity index (χ1) is 9.76. The number of hydrogen-bond acceptors (Lipinski definition) is 3. The minimum atomic E-state index is 0.676. The molecule has 0 aliphatic heterocycles. The first-order valence-corrected chi connectivity index (χ1v) is 8.05. The van der Waals surface area contributed by atoms with Crippen molar-refractivity contribution in [2.24, 2.45) is 0 Å². The van der Waals surface area contributed by atoms with E-state index in [2.05, 4.69) is 11.9 Å². The average molecular weight is 293 g/mol. The van der Waals surface area contributed by atoms with Gasteiger partial charge in [0.25, 0.3) is 0 Å². The zero-order valence-electron chi connectivity index (χ0n) is 12.0. The lowest BCUT2D eigenvalue weighted by Gasteiger charge is -2.02. The van der Waals surface area contributed by atoms with E-state index in [1.165, 1.54) is 0 Å². The molecule has 0 saturated carbocycles. The monoisotopic (exact) mass is 293 g/mol. The van der Waals surface area contributed by atoms with Crippen molar-refractivity contribution < 1.29 is 8.81 Å². The van der Waals surface area contributed by atoms with Crippen LogP contribution in [-0.4, -0.2) is 10.7 Å². The van der Waals surface area contributed by atoms with Crippen molar-refractivity contribution >= 4 is 22.9 Å². The number of oxazole rings is 1. The quantitative estimate of drug-likeness (QED) is 0.628. The normalized spacial score (nSPS) is 12.2. The predicted molar refractivity (Wildman–Crippen MR) is 82.8 cm³/mol. The van der Waals surface area contributed by atoms with Crippen LogP contribution >= 0.6 is 11.8 Å². The third kappa shape index (κ3) is 3.85. The number of fused-ring (bicyclic) bond motifs is 1. The first kappa shape index (κ1) is 15.1. The van der Waals surface area contributed by atoms with Crippen LogP contribution < -0.4 is 0 Å². The van der Waals surface area contributed by atoms with Crippen LogP contribution in [0.25, 0.3) is 11.1 Å². The summed E-state index contributed by atoms with van der Waals surface area (Å²) in [6, 6.07) is 5.99. The van der Waals surface area contributed by atoms with E-state index in [1.807, 2.05) is 25.1 Å². The SMILES string of the molecule is CCCCc1nc2ccc(SC/C(=C/F)CC)cc2o1. The molecule has 2 nitrogen and oxygen atoms in total. The molecule has 4 heteroatoms. The van der Waals surface area contributed by atoms with Crippen molar-refractivity contribution in [3.05, 3.63) is 36.0 Å². The molecule has 2 rings (SSSR count). The summed E-state index contributed by atoms with van der Waals surface area (Å²) in [6.07, 6.45) is 4.57. The molecule has 1 aromatic carbocycles. The van der Waals surface area contributed by atoms with Crippen LogP contribution in [0, 0.1) is 0 Å². The highest BCUT2D eigenvalue weighted by Gasteiger charge is 2.07. The largest absolute Gasteiger partial charge is 0.441 e. The number of aromatic nitrogens is 1. The van der Waals surface area contributed by atoms with E-state index >= 15 is 0 Å². The highest BCUT2D eigenvalue weighted by molar-refractivity contribution is 7.99. The third-order valence-electron chi connectivity index (χ3n) is 3.18. The van der Waals surface area contributed by atoms with Gasteiger partial charge in [0.2, 0.25) is 0 Å². The number of hydrogen-bond donors (Lipinski definition) is 0. The van der Waals surface area contributed by atoms with Crippen molar-refractivity contribution in [3.63, 3.8) is 0 Å². The van der Waals surface area contributed by atoms with Crippen LogP contribution in [0.4, 0.5) is 4.39 Å². The van der Waals surface area contributed by atoms with Crippen LogP contribution in [0.15, 0.2) is 39.4 Å². The smallest absolute Gasteiger partial charge is 0.195 e. The molecule has 0 atom stereocenters. The fraction of sp³-hybridized carbons (Fsp3) is 0.438. The number of rotatable bonds is 7. The van der Waals surface area contributed by atoms with Crippen molar-refractivity contribution in [1.29, 1.82) is 0 Å². The van der Waals surface area contributed by atoms with Gasteiger partial charge in [0.15, 0.2) is 11.5 Å². The molecule has 0 amide bonds. The molecular formula is C16H20FNOS. The van der Waals surface area contributed by atoms with Crippen LogP contribution in [-0.2, 0) is 6.42 Å². The van der Waals surface area contributed by atoms with Gasteiger partial charge >= 0.3 is 0 Å². The second kappa shape index (κ2) is 7.48. The van der Waals surface area contributed by atoms with Gasteiger partial charge in [-0.15, -0.1) is 11.8 Å². The number of unbranched alkanes of at least 4 members (excludes halogenated alkanes) is 1. The number of halogens is 1. The molecular weight excluding hydrogens is 273 g/mol. The fourth-order valence-electron chi connectivity index (χ4n) is 1.86. The standard InChI is InChI=1S/C16H20FNOS/c1-3-5-6-16-18-14-8-7-13(9-15(14)19-16)20-11-12(4-2)10-17/h7-10H,3-6,11H2,1-2H3/b12-10+. The maximum absolute atomic E-state index is 12.5. The minimum absolute atomic E-state index is 0.676. The summed E-state index contributed by atoms with van der Waals surface area (Å²) < 4.78 is 18.3. The molecule has 2 aromatic rings. The van der Waals surface area contributed by atoms with Gasteiger partial charge in [-0.1, -0.05) is 20.3 Å². The molecule has 1 aromatic heterocycles. The summed E-state index contributed by atoms with van der Waals surface area (Å²) in [5.74, 6) is 1.48. The molecule has 108 valence electrons. The van der Waals surface area contributed by atoms with E-state index in [4.69, 9.17) is 4.42 Å². The number of benzene rings is 1. The topological polar surface area (TPSA) is 26.0 Å². The molecule has 0 radical (unpaired) electrons. The van der Waals surface area contributed by atoms with Crippen molar-refractivity contribution in [1.82, 2.24) is 4.98 Å². The molecule has 20 heavy (non-hydrogen) atoms. The Morgan fingerprint density at radius 3 is 2.95 bits per heavy atom. The van der Waals surface area contributed by atoms with E-state index in [0.717, 1.165) is 53.1 Å². The second-order valence-electron chi connectivity index (χ2n) is 4.75. The predicted octanol–water partition coefficient (Wildman–Crippen LogP) is 5.53. The number of nitrogens with zero attached hydrogens (tertiary/aromatic N) is 1. The molecule has 0 unspecified atom stereocenters. The van der Waals surface area contributed by atoms with Gasteiger partial charge in [-0.2, -0.15) is 0 Å². The lowest BCUT2D eigenvalue weighted by molar-refractivity contribution is 0.517. The van der Waals surface area contributed by atoms with Gasteiger partial charge in [0.05, 0.1) is 6.33 Å². The summed E-state index contributed by atoms with van der Waals surface area (Å²) in [5.41, 5.74) is 2.54. The maximum atomic E-state index is 12.5. The third-order valence-corrected chi connectivity index (χ3v) is 4.28. The van der Waals surface area contributed by atoms with E-state index in [-0.39, 0.29) is 0 Å². The Labute approximate surface area is 123 Å². The van der Waals surface area contributed by atoms with Crippen molar-refractivity contribution in [3.8, 4) is 0 Å². The Bertz CT molecular complexity index is 591. The van der Waals surface area contributed by atoms with Gasteiger partial charge in [-0.25, -0.2) is 9.37 Å². The summed E-state index contributed by atoms with van der Waals surface area (Å²) >= 11 is 1.62. The van der Waals surface area contributed by atoms with Crippen molar-refractivity contribution in [2.75, 3.05) is 5.75 Å². The molecule has 0 aliphatic rings. The maximum Gasteiger partial charge on any atom is 0.195 e. The fourth-order valence-corrected chi connectivity index (χ4v) is 2.84. The first-order valence-electron chi connectivity index (χ1n) is 7.07. The number of thioether (sulfide) groups is 1. The molecule has 0 saturated heterocycles. The Balaban J connectivity index is 2.08. The highest BCUT2D eigenvalue weighted by Crippen LogP contribution is 2.26. The van der Waals surface area contributed by atoms with Gasteiger partial charge in [-0.05, 0) is 36.6 Å². The summed E-state index contributed by atoms with van der Waals surface area (Å²) in [4.78, 5) is 5.56. The lowest BCUT2D eigenvalue weighted by Crippen LogP contribution is -1.84. The molecule has 0 N–H and O–H groups in total.